The molecule has 0 aromatic carbocycles. The number of hydrogen-bond acceptors (Lipinski definition) is 5. The fraction of sp³-hybridized carbons (Fsp3) is 0.143. The molecule has 20 heavy (non-hydrogen) atoms. The number of nitriles is 1. The van der Waals surface area contributed by atoms with E-state index in [1.54, 1.807) is 42.6 Å². The van der Waals surface area contributed by atoms with E-state index in [9.17, 15) is 9.59 Å². The third-order valence-corrected chi connectivity index (χ3v) is 3.69. The summed E-state index contributed by atoms with van der Waals surface area (Å²) in [6.45, 7) is 1.77. The van der Waals surface area contributed by atoms with Crippen LogP contribution in [-0.2, 0) is 4.79 Å². The molecule has 0 aliphatic carbocycles. The van der Waals surface area contributed by atoms with Gasteiger partial charge < -0.3 is 5.32 Å². The van der Waals surface area contributed by atoms with Gasteiger partial charge in [-0.25, -0.2) is 4.98 Å². The Morgan fingerprint density at radius 3 is 2.75 bits per heavy atom. The van der Waals surface area contributed by atoms with Crippen molar-refractivity contribution in [3.05, 3.63) is 46.3 Å². The molecule has 0 spiro atoms. The van der Waals surface area contributed by atoms with Gasteiger partial charge in [0.25, 0.3) is 5.91 Å². The second-order valence-corrected chi connectivity index (χ2v) is 4.98. The lowest BCUT2D eigenvalue weighted by Crippen LogP contribution is -2.28. The highest BCUT2D eigenvalue weighted by Gasteiger charge is 2.29. The summed E-state index contributed by atoms with van der Waals surface area (Å²) in [5.41, 5.74) is 0.769. The average molecular weight is 285 g/mol. The fourth-order valence-electron chi connectivity index (χ4n) is 1.63. The first-order valence-corrected chi connectivity index (χ1v) is 6.71. The number of hydrogen-bond donors (Lipinski definition) is 1. The predicted molar refractivity (Wildman–Crippen MR) is 75.4 cm³/mol. The lowest BCUT2D eigenvalue weighted by atomic mass is 10.0. The molecule has 0 aliphatic rings. The first-order valence-electron chi connectivity index (χ1n) is 5.83. The molecule has 2 heterocycles. The van der Waals surface area contributed by atoms with E-state index in [0.717, 1.165) is 5.56 Å². The molecule has 2 rings (SSSR count). The van der Waals surface area contributed by atoms with Gasteiger partial charge in [-0.2, -0.15) is 5.26 Å². The van der Waals surface area contributed by atoms with Crippen molar-refractivity contribution in [2.24, 2.45) is 5.92 Å². The molecular weight excluding hydrogens is 274 g/mol. The van der Waals surface area contributed by atoms with E-state index in [1.807, 2.05) is 0 Å². The molecule has 1 amide bonds. The van der Waals surface area contributed by atoms with Gasteiger partial charge in [-0.3, -0.25) is 9.59 Å². The average Bonchev–Trinajstić information content (AvgIpc) is 2.86. The Morgan fingerprint density at radius 2 is 2.20 bits per heavy atom. The maximum absolute atomic E-state index is 12.2. The van der Waals surface area contributed by atoms with Gasteiger partial charge in [0, 0.05) is 6.20 Å². The lowest BCUT2D eigenvalue weighted by molar-refractivity contribution is -0.117. The molecule has 1 N–H and O–H groups in total. The van der Waals surface area contributed by atoms with Crippen molar-refractivity contribution in [1.82, 2.24) is 4.98 Å². The molecule has 1 atom stereocenters. The number of Topliss-reactive ketones (excluding diaryl/α,β-unsaturated/α-hetero) is 1. The van der Waals surface area contributed by atoms with Gasteiger partial charge in [-0.15, -0.1) is 11.3 Å². The van der Waals surface area contributed by atoms with Crippen molar-refractivity contribution in [1.29, 1.82) is 5.26 Å². The second kappa shape index (κ2) is 6.08. The molecule has 0 bridgehead atoms. The van der Waals surface area contributed by atoms with Gasteiger partial charge in [0.05, 0.1) is 10.9 Å². The number of carbonyl (C=O) groups excluding carboxylic acids is 2. The van der Waals surface area contributed by atoms with E-state index in [2.05, 4.69) is 10.3 Å². The molecule has 5 nitrogen and oxygen atoms in total. The Hall–Kier alpha value is -2.52. The molecule has 100 valence electrons. The van der Waals surface area contributed by atoms with E-state index in [0.29, 0.717) is 10.7 Å². The van der Waals surface area contributed by atoms with Crippen molar-refractivity contribution < 1.29 is 9.59 Å². The zero-order chi connectivity index (χ0) is 14.5. The van der Waals surface area contributed by atoms with Gasteiger partial charge in [-0.1, -0.05) is 6.07 Å². The quantitative estimate of drug-likeness (QED) is 0.690. The number of carbonyl (C=O) groups is 2. The SMILES string of the molecule is Cc1ccsc1C(=O)C(C#N)C(=O)Nc1ccccn1. The van der Waals surface area contributed by atoms with E-state index in [4.69, 9.17) is 5.26 Å². The van der Waals surface area contributed by atoms with Crippen LogP contribution >= 0.6 is 11.3 Å². The largest absolute Gasteiger partial charge is 0.309 e. The summed E-state index contributed by atoms with van der Waals surface area (Å²) < 4.78 is 0. The number of aromatic nitrogens is 1. The summed E-state index contributed by atoms with van der Waals surface area (Å²) in [7, 11) is 0. The zero-order valence-corrected chi connectivity index (χ0v) is 11.5. The molecule has 2 aromatic rings. The number of aryl methyl sites for hydroxylation is 1. The van der Waals surface area contributed by atoms with Crippen molar-refractivity contribution in [3.63, 3.8) is 0 Å². The smallest absolute Gasteiger partial charge is 0.250 e. The molecule has 0 fully saturated rings. The molecular formula is C14H11N3O2S. The summed E-state index contributed by atoms with van der Waals surface area (Å²) in [6, 6.07) is 8.54. The van der Waals surface area contributed by atoms with Crippen LogP contribution in [0.15, 0.2) is 35.8 Å². The van der Waals surface area contributed by atoms with Crippen LogP contribution in [0.2, 0.25) is 0 Å². The van der Waals surface area contributed by atoms with Crippen molar-refractivity contribution in [2.45, 2.75) is 6.92 Å². The van der Waals surface area contributed by atoms with E-state index >= 15 is 0 Å². The highest BCUT2D eigenvalue weighted by atomic mass is 32.1. The Balaban J connectivity index is 2.17. The highest BCUT2D eigenvalue weighted by molar-refractivity contribution is 7.12. The number of rotatable bonds is 4. The summed E-state index contributed by atoms with van der Waals surface area (Å²) >= 11 is 1.23. The van der Waals surface area contributed by atoms with Crippen LogP contribution in [0.25, 0.3) is 0 Å². The van der Waals surface area contributed by atoms with Crippen molar-refractivity contribution in [2.75, 3.05) is 5.32 Å². The predicted octanol–water partition coefficient (Wildman–Crippen LogP) is 2.41. The normalized spacial score (nSPS) is 11.4. The van der Waals surface area contributed by atoms with Gasteiger partial charge in [0.1, 0.15) is 5.82 Å². The van der Waals surface area contributed by atoms with Crippen LogP contribution in [0.1, 0.15) is 15.2 Å². The minimum absolute atomic E-state index is 0.313. The maximum atomic E-state index is 12.2. The molecule has 0 aliphatic heterocycles. The van der Waals surface area contributed by atoms with Gasteiger partial charge in [0.15, 0.2) is 11.7 Å². The maximum Gasteiger partial charge on any atom is 0.250 e. The van der Waals surface area contributed by atoms with Crippen molar-refractivity contribution >= 4 is 28.8 Å². The van der Waals surface area contributed by atoms with Crippen LogP contribution < -0.4 is 5.32 Å². The second-order valence-electron chi connectivity index (χ2n) is 4.06. The standard InChI is InChI=1S/C14H11N3O2S/c1-9-5-7-20-13(9)12(18)10(8-15)14(19)17-11-4-2-3-6-16-11/h2-7,10H,1H3,(H,16,17,19). The number of pyridine rings is 1. The van der Waals surface area contributed by atoms with Gasteiger partial charge in [-0.05, 0) is 36.1 Å². The summed E-state index contributed by atoms with van der Waals surface area (Å²) in [6.07, 6.45) is 1.52. The van der Waals surface area contributed by atoms with Gasteiger partial charge >= 0.3 is 0 Å². The number of nitrogens with zero attached hydrogens (tertiary/aromatic N) is 2. The van der Waals surface area contributed by atoms with Crippen molar-refractivity contribution in [3.8, 4) is 6.07 Å². The third kappa shape index (κ3) is 2.90. The third-order valence-electron chi connectivity index (χ3n) is 2.66. The minimum Gasteiger partial charge on any atom is -0.309 e. The number of anilines is 1. The Labute approximate surface area is 119 Å². The van der Waals surface area contributed by atoms with Crippen LogP contribution in [-0.4, -0.2) is 16.7 Å². The Kier molecular flexibility index (Phi) is 4.23. The molecule has 6 heteroatoms. The van der Waals surface area contributed by atoms with E-state index in [1.165, 1.54) is 17.5 Å². The van der Waals surface area contributed by atoms with E-state index < -0.39 is 17.6 Å². The molecule has 1 unspecified atom stereocenters. The van der Waals surface area contributed by atoms with E-state index in [-0.39, 0.29) is 0 Å². The number of ketones is 1. The molecule has 2 aromatic heterocycles. The molecule has 0 radical (unpaired) electrons. The minimum atomic E-state index is -1.37. The number of nitrogens with one attached hydrogen (secondary N) is 1. The first-order chi connectivity index (χ1) is 9.63. The monoisotopic (exact) mass is 285 g/mol. The highest BCUT2D eigenvalue weighted by Crippen LogP contribution is 2.20. The van der Waals surface area contributed by atoms with Gasteiger partial charge in [0.2, 0.25) is 0 Å². The van der Waals surface area contributed by atoms with Crippen LogP contribution in [0.5, 0.6) is 0 Å². The van der Waals surface area contributed by atoms with Crippen LogP contribution in [0.3, 0.4) is 0 Å². The first kappa shape index (κ1) is 13.9. The van der Waals surface area contributed by atoms with Crippen LogP contribution in [0, 0.1) is 24.2 Å². The summed E-state index contributed by atoms with van der Waals surface area (Å²) in [5.74, 6) is -2.19. The van der Waals surface area contributed by atoms with Crippen LogP contribution in [0.4, 0.5) is 5.82 Å². The summed E-state index contributed by atoms with van der Waals surface area (Å²) in [4.78, 5) is 28.6. The molecule has 0 saturated carbocycles. The topological polar surface area (TPSA) is 82.8 Å². The Morgan fingerprint density at radius 1 is 1.40 bits per heavy atom. The molecule has 0 saturated heterocycles. The fourth-order valence-corrected chi connectivity index (χ4v) is 2.52. The summed E-state index contributed by atoms with van der Waals surface area (Å²) in [5, 5.41) is 13.3. The lowest BCUT2D eigenvalue weighted by Gasteiger charge is -2.08. The number of thiophene rings is 1. The number of amides is 1. The Bertz CT molecular complexity index is 673. The zero-order valence-electron chi connectivity index (χ0n) is 10.7.